The average Bonchev–Trinajstić information content (AvgIpc) is 2.33. The van der Waals surface area contributed by atoms with E-state index in [9.17, 15) is 4.79 Å². The lowest BCUT2D eigenvalue weighted by Gasteiger charge is -2.18. The Balaban J connectivity index is 2.66. The summed E-state index contributed by atoms with van der Waals surface area (Å²) >= 11 is 11.8. The van der Waals surface area contributed by atoms with E-state index in [4.69, 9.17) is 34.2 Å². The van der Waals surface area contributed by atoms with Crippen molar-refractivity contribution in [1.82, 2.24) is 4.90 Å². The summed E-state index contributed by atoms with van der Waals surface area (Å²) in [4.78, 5) is 13.7. The predicted molar refractivity (Wildman–Crippen MR) is 81.8 cm³/mol. The van der Waals surface area contributed by atoms with Crippen molar-refractivity contribution >= 4 is 40.5 Å². The van der Waals surface area contributed by atoms with Gasteiger partial charge in [-0.15, -0.1) is 0 Å². The number of hydrogen-bond acceptors (Lipinski definition) is 4. The maximum Gasteiger partial charge on any atom is 0.238 e. The van der Waals surface area contributed by atoms with Crippen LogP contribution in [-0.4, -0.2) is 30.9 Å². The first-order chi connectivity index (χ1) is 9.33. The van der Waals surface area contributed by atoms with E-state index in [1.165, 1.54) is 12.1 Å². The molecule has 1 aromatic carbocycles. The van der Waals surface area contributed by atoms with Crippen LogP contribution in [0.3, 0.4) is 0 Å². The predicted octanol–water partition coefficient (Wildman–Crippen LogP) is 2.61. The number of nitriles is 1. The second-order valence-electron chi connectivity index (χ2n) is 4.63. The number of amides is 1. The molecule has 20 heavy (non-hydrogen) atoms. The van der Waals surface area contributed by atoms with Crippen molar-refractivity contribution in [1.29, 1.82) is 5.26 Å². The minimum Gasteiger partial charge on any atom is -0.397 e. The molecule has 1 unspecified atom stereocenters. The van der Waals surface area contributed by atoms with Crippen LogP contribution in [0.5, 0.6) is 0 Å². The molecule has 1 aromatic rings. The zero-order chi connectivity index (χ0) is 15.3. The number of nitrogens with one attached hydrogen (secondary N) is 1. The standard InChI is InChI=1S/C13H16Cl2N4O/c1-8(5-16)6-19(2)7-12(20)18-13-10(15)3-9(14)4-11(13)17/h3-4,8H,6-7,17H2,1-2H3,(H,18,20). The van der Waals surface area contributed by atoms with Crippen LogP contribution in [0, 0.1) is 17.2 Å². The summed E-state index contributed by atoms with van der Waals surface area (Å²) in [6, 6.07) is 5.14. The number of nitrogens with zero attached hydrogens (tertiary/aromatic N) is 2. The van der Waals surface area contributed by atoms with Gasteiger partial charge in [-0.25, -0.2) is 0 Å². The van der Waals surface area contributed by atoms with Gasteiger partial charge in [-0.05, 0) is 26.1 Å². The van der Waals surface area contributed by atoms with Crippen LogP contribution >= 0.6 is 23.2 Å². The summed E-state index contributed by atoms with van der Waals surface area (Å²) < 4.78 is 0. The SMILES string of the molecule is CC(C#N)CN(C)CC(=O)Nc1c(N)cc(Cl)cc1Cl. The number of nitrogens with two attached hydrogens (primary N) is 1. The van der Waals surface area contributed by atoms with E-state index in [2.05, 4.69) is 11.4 Å². The second kappa shape index (κ2) is 7.34. The van der Waals surface area contributed by atoms with Gasteiger partial charge in [0, 0.05) is 11.6 Å². The van der Waals surface area contributed by atoms with Crippen molar-refractivity contribution in [2.24, 2.45) is 5.92 Å². The monoisotopic (exact) mass is 314 g/mol. The van der Waals surface area contributed by atoms with E-state index in [1.807, 2.05) is 0 Å². The highest BCUT2D eigenvalue weighted by Crippen LogP contribution is 2.31. The maximum absolute atomic E-state index is 11.9. The number of halogens is 2. The fourth-order valence-electron chi connectivity index (χ4n) is 1.72. The fraction of sp³-hybridized carbons (Fsp3) is 0.385. The Labute approximate surface area is 128 Å². The number of nitrogen functional groups attached to an aromatic ring is 1. The van der Waals surface area contributed by atoms with Crippen molar-refractivity contribution in [3.05, 3.63) is 22.2 Å². The molecule has 1 amide bonds. The Kier molecular flexibility index (Phi) is 6.08. The third-order valence-corrected chi connectivity index (χ3v) is 3.09. The molecule has 108 valence electrons. The van der Waals surface area contributed by atoms with Gasteiger partial charge >= 0.3 is 0 Å². The van der Waals surface area contributed by atoms with Crippen LogP contribution in [0.15, 0.2) is 12.1 Å². The number of carbonyl (C=O) groups is 1. The number of likely N-dealkylation sites (N-methyl/N-ethyl adjacent to an activating group) is 1. The number of rotatable bonds is 5. The molecule has 0 aromatic heterocycles. The molecule has 5 nitrogen and oxygen atoms in total. The lowest BCUT2D eigenvalue weighted by molar-refractivity contribution is -0.117. The highest BCUT2D eigenvalue weighted by Gasteiger charge is 2.13. The van der Waals surface area contributed by atoms with Gasteiger partial charge < -0.3 is 11.1 Å². The molecule has 3 N–H and O–H groups in total. The van der Waals surface area contributed by atoms with Crippen LogP contribution in [0.4, 0.5) is 11.4 Å². The van der Waals surface area contributed by atoms with E-state index in [-0.39, 0.29) is 23.4 Å². The van der Waals surface area contributed by atoms with Crippen molar-refractivity contribution in [3.8, 4) is 6.07 Å². The van der Waals surface area contributed by atoms with Gasteiger partial charge in [-0.2, -0.15) is 5.26 Å². The normalized spacial score (nSPS) is 12.0. The Bertz CT molecular complexity index is 519. The largest absolute Gasteiger partial charge is 0.397 e. The summed E-state index contributed by atoms with van der Waals surface area (Å²) in [5.41, 5.74) is 6.42. The van der Waals surface area contributed by atoms with Crippen molar-refractivity contribution in [2.75, 3.05) is 31.2 Å². The van der Waals surface area contributed by atoms with Gasteiger partial charge in [-0.3, -0.25) is 9.69 Å². The van der Waals surface area contributed by atoms with E-state index in [1.54, 1.807) is 18.9 Å². The van der Waals surface area contributed by atoms with E-state index >= 15 is 0 Å². The molecule has 0 aliphatic heterocycles. The molecule has 0 aliphatic carbocycles. The Hall–Kier alpha value is -1.48. The lowest BCUT2D eigenvalue weighted by atomic mass is 10.2. The molecular formula is C13H16Cl2N4O. The third kappa shape index (κ3) is 4.89. The third-order valence-electron chi connectivity index (χ3n) is 2.57. The molecule has 0 heterocycles. The molecule has 0 fully saturated rings. The van der Waals surface area contributed by atoms with Gasteiger partial charge in [0.15, 0.2) is 0 Å². The highest BCUT2D eigenvalue weighted by molar-refractivity contribution is 6.37. The first-order valence-corrected chi connectivity index (χ1v) is 6.71. The molecular weight excluding hydrogens is 299 g/mol. The minimum atomic E-state index is -0.256. The number of benzene rings is 1. The van der Waals surface area contributed by atoms with E-state index in [0.717, 1.165) is 0 Å². The Morgan fingerprint density at radius 2 is 2.20 bits per heavy atom. The van der Waals surface area contributed by atoms with Crippen LogP contribution in [0.2, 0.25) is 10.0 Å². The smallest absolute Gasteiger partial charge is 0.238 e. The molecule has 0 radical (unpaired) electrons. The Morgan fingerprint density at radius 1 is 1.55 bits per heavy atom. The van der Waals surface area contributed by atoms with Crippen LogP contribution in [0.1, 0.15) is 6.92 Å². The van der Waals surface area contributed by atoms with Gasteiger partial charge in [-0.1, -0.05) is 23.2 Å². The zero-order valence-electron chi connectivity index (χ0n) is 11.3. The summed E-state index contributed by atoms with van der Waals surface area (Å²) in [7, 11) is 1.76. The quantitative estimate of drug-likeness (QED) is 0.818. The summed E-state index contributed by atoms with van der Waals surface area (Å²) in [5.74, 6) is -0.398. The second-order valence-corrected chi connectivity index (χ2v) is 5.47. The molecule has 0 aliphatic rings. The highest BCUT2D eigenvalue weighted by atomic mass is 35.5. The van der Waals surface area contributed by atoms with Crippen LogP contribution in [-0.2, 0) is 4.79 Å². The maximum atomic E-state index is 11.9. The van der Waals surface area contributed by atoms with Gasteiger partial charge in [0.05, 0.1) is 34.9 Å². The first-order valence-electron chi connectivity index (χ1n) is 5.96. The zero-order valence-corrected chi connectivity index (χ0v) is 12.8. The molecule has 7 heteroatoms. The lowest BCUT2D eigenvalue weighted by Crippen LogP contribution is -2.33. The molecule has 0 saturated heterocycles. The molecule has 1 rings (SSSR count). The number of carbonyl (C=O) groups excluding carboxylic acids is 1. The van der Waals surface area contributed by atoms with Gasteiger partial charge in [0.2, 0.25) is 5.91 Å². The molecule has 1 atom stereocenters. The van der Waals surface area contributed by atoms with E-state index in [0.29, 0.717) is 22.9 Å². The average molecular weight is 315 g/mol. The fourth-order valence-corrected chi connectivity index (χ4v) is 2.28. The minimum absolute atomic E-state index is 0.142. The summed E-state index contributed by atoms with van der Waals surface area (Å²) in [6.07, 6.45) is 0. The van der Waals surface area contributed by atoms with Gasteiger partial charge in [0.25, 0.3) is 0 Å². The molecule has 0 bridgehead atoms. The van der Waals surface area contributed by atoms with Crippen LogP contribution in [0.25, 0.3) is 0 Å². The van der Waals surface area contributed by atoms with Crippen molar-refractivity contribution in [3.63, 3.8) is 0 Å². The number of hydrogen-bond donors (Lipinski definition) is 2. The molecule has 0 spiro atoms. The van der Waals surface area contributed by atoms with Crippen molar-refractivity contribution in [2.45, 2.75) is 6.92 Å². The van der Waals surface area contributed by atoms with Crippen LogP contribution < -0.4 is 11.1 Å². The van der Waals surface area contributed by atoms with Crippen molar-refractivity contribution < 1.29 is 4.79 Å². The Morgan fingerprint density at radius 3 is 2.75 bits per heavy atom. The van der Waals surface area contributed by atoms with Gasteiger partial charge in [0.1, 0.15) is 0 Å². The topological polar surface area (TPSA) is 82.2 Å². The first kappa shape index (κ1) is 16.6. The molecule has 0 saturated carbocycles. The van der Waals surface area contributed by atoms with E-state index < -0.39 is 0 Å². The summed E-state index contributed by atoms with van der Waals surface area (Å²) in [6.45, 7) is 2.45. The number of anilines is 2. The summed E-state index contributed by atoms with van der Waals surface area (Å²) in [5, 5.41) is 12.1.